The number of aromatic amines is 1. The zero-order valence-electron chi connectivity index (χ0n) is 15.8. The highest BCUT2D eigenvalue weighted by Crippen LogP contribution is 2.29. The third-order valence-corrected chi connectivity index (χ3v) is 6.66. The molecule has 0 saturated heterocycles. The molecular formula is C22H19F2N3S2. The fourth-order valence-corrected chi connectivity index (χ4v) is 4.93. The van der Waals surface area contributed by atoms with E-state index in [1.165, 1.54) is 12.1 Å². The lowest BCUT2D eigenvalue weighted by Gasteiger charge is -2.10. The van der Waals surface area contributed by atoms with Crippen molar-refractivity contribution < 1.29 is 8.78 Å². The highest BCUT2D eigenvalue weighted by atomic mass is 32.2. The Balaban J connectivity index is 1.38. The second-order valence-electron chi connectivity index (χ2n) is 6.56. The van der Waals surface area contributed by atoms with Crippen LogP contribution in [0.5, 0.6) is 0 Å². The average molecular weight is 428 g/mol. The molecule has 0 saturated carbocycles. The number of nitrogens with one attached hydrogen (secondary N) is 1. The summed E-state index contributed by atoms with van der Waals surface area (Å²) in [5.41, 5.74) is 4.65. The number of H-pyrrole nitrogens is 1. The predicted molar refractivity (Wildman–Crippen MR) is 115 cm³/mol. The first-order valence-electron chi connectivity index (χ1n) is 9.19. The lowest BCUT2D eigenvalue weighted by atomic mass is 10.1. The summed E-state index contributed by atoms with van der Waals surface area (Å²) in [5, 5.41) is 0.872. The highest BCUT2D eigenvalue weighted by molar-refractivity contribution is 7.99. The molecule has 29 heavy (non-hydrogen) atoms. The molecule has 2 aromatic heterocycles. The van der Waals surface area contributed by atoms with Crippen LogP contribution in [0.1, 0.15) is 16.8 Å². The molecule has 0 unspecified atom stereocenters. The molecule has 2 heterocycles. The largest absolute Gasteiger partial charge is 0.333 e. The number of hydrogen-bond donors (Lipinski definition) is 1. The van der Waals surface area contributed by atoms with Crippen molar-refractivity contribution in [3.05, 3.63) is 83.2 Å². The van der Waals surface area contributed by atoms with E-state index in [1.807, 2.05) is 36.5 Å². The topological polar surface area (TPSA) is 41.6 Å². The predicted octanol–water partition coefficient (Wildman–Crippen LogP) is 6.17. The molecule has 7 heteroatoms. The number of nitrogens with zero attached hydrogens (tertiary/aromatic N) is 2. The van der Waals surface area contributed by atoms with Gasteiger partial charge in [-0.25, -0.2) is 13.8 Å². The maximum Gasteiger partial charge on any atom is 0.166 e. The second kappa shape index (κ2) is 8.97. The maximum atomic E-state index is 13.8. The lowest BCUT2D eigenvalue weighted by molar-refractivity contribution is 0.574. The number of benzene rings is 2. The fourth-order valence-electron chi connectivity index (χ4n) is 2.99. The molecule has 0 aliphatic carbocycles. The van der Waals surface area contributed by atoms with Gasteiger partial charge >= 0.3 is 0 Å². The maximum absolute atomic E-state index is 13.8. The normalized spacial score (nSPS) is 11.3. The number of aromatic nitrogens is 3. The molecular weight excluding hydrogens is 408 g/mol. The first kappa shape index (κ1) is 19.9. The summed E-state index contributed by atoms with van der Waals surface area (Å²) in [4.78, 5) is 13.6. The average Bonchev–Trinajstić information content (AvgIpc) is 3.13. The van der Waals surface area contributed by atoms with Gasteiger partial charge in [-0.1, -0.05) is 30.0 Å². The first-order valence-corrected chi connectivity index (χ1v) is 11.2. The van der Waals surface area contributed by atoms with Crippen molar-refractivity contribution in [2.24, 2.45) is 0 Å². The van der Waals surface area contributed by atoms with Crippen LogP contribution in [-0.4, -0.2) is 20.7 Å². The van der Waals surface area contributed by atoms with Gasteiger partial charge in [0, 0.05) is 28.7 Å². The lowest BCUT2D eigenvalue weighted by Crippen LogP contribution is -1.97. The van der Waals surface area contributed by atoms with Crippen molar-refractivity contribution in [1.82, 2.24) is 15.0 Å². The highest BCUT2D eigenvalue weighted by Gasteiger charge is 2.10. The van der Waals surface area contributed by atoms with Gasteiger partial charge in [-0.05, 0) is 48.7 Å². The monoisotopic (exact) mass is 427 g/mol. The van der Waals surface area contributed by atoms with Crippen LogP contribution in [0.15, 0.2) is 64.8 Å². The molecule has 0 spiro atoms. The molecule has 0 fully saturated rings. The standard InChI is InChI=1S/C22H19F2N3S2/c1-14-20(13-29-22-26-18-4-2-3-5-19(18)27-22)25-10-8-21(14)28-11-9-15-6-7-16(23)12-17(15)24/h2-8,10,12H,9,11,13H2,1H3,(H,26,27). The molecule has 0 radical (unpaired) electrons. The van der Waals surface area contributed by atoms with Crippen LogP contribution in [0.4, 0.5) is 8.78 Å². The van der Waals surface area contributed by atoms with E-state index >= 15 is 0 Å². The van der Waals surface area contributed by atoms with Gasteiger partial charge in [-0.2, -0.15) is 0 Å². The van der Waals surface area contributed by atoms with Crippen molar-refractivity contribution in [1.29, 1.82) is 0 Å². The Morgan fingerprint density at radius 2 is 1.90 bits per heavy atom. The molecule has 148 valence electrons. The summed E-state index contributed by atoms with van der Waals surface area (Å²) in [6, 6.07) is 13.7. The number of thioether (sulfide) groups is 2. The number of para-hydroxylation sites is 2. The summed E-state index contributed by atoms with van der Waals surface area (Å²) < 4.78 is 26.8. The number of aryl methyl sites for hydroxylation is 1. The van der Waals surface area contributed by atoms with E-state index in [0.717, 1.165) is 38.4 Å². The molecule has 0 bridgehead atoms. The smallest absolute Gasteiger partial charge is 0.166 e. The molecule has 0 aliphatic heterocycles. The van der Waals surface area contributed by atoms with Crippen LogP contribution < -0.4 is 0 Å². The third kappa shape index (κ3) is 4.79. The summed E-state index contributed by atoms with van der Waals surface area (Å²) in [6.45, 7) is 2.06. The Morgan fingerprint density at radius 1 is 1.03 bits per heavy atom. The van der Waals surface area contributed by atoms with Gasteiger partial charge in [0.2, 0.25) is 0 Å². The van der Waals surface area contributed by atoms with E-state index in [4.69, 9.17) is 0 Å². The third-order valence-electron chi connectivity index (χ3n) is 4.62. The minimum absolute atomic E-state index is 0.486. The SMILES string of the molecule is Cc1c(SCCc2ccc(F)cc2F)ccnc1CSc1nc2ccccc2[nH]1. The van der Waals surface area contributed by atoms with Crippen molar-refractivity contribution >= 4 is 34.6 Å². The van der Waals surface area contributed by atoms with Crippen molar-refractivity contribution in [2.75, 3.05) is 5.75 Å². The minimum Gasteiger partial charge on any atom is -0.333 e. The zero-order valence-corrected chi connectivity index (χ0v) is 17.4. The molecule has 0 aliphatic rings. The van der Waals surface area contributed by atoms with Crippen LogP contribution in [-0.2, 0) is 12.2 Å². The Labute approximate surface area is 176 Å². The summed E-state index contributed by atoms with van der Waals surface area (Å²) in [6.07, 6.45) is 2.35. The molecule has 1 N–H and O–H groups in total. The van der Waals surface area contributed by atoms with Gasteiger partial charge in [0.05, 0.1) is 16.7 Å². The summed E-state index contributed by atoms with van der Waals surface area (Å²) >= 11 is 3.28. The van der Waals surface area contributed by atoms with E-state index in [-0.39, 0.29) is 0 Å². The van der Waals surface area contributed by atoms with Crippen LogP contribution in [0.2, 0.25) is 0 Å². The van der Waals surface area contributed by atoms with Gasteiger partial charge in [-0.3, -0.25) is 4.98 Å². The summed E-state index contributed by atoms with van der Waals surface area (Å²) in [5.74, 6) is 0.395. The number of fused-ring (bicyclic) bond motifs is 1. The first-order chi connectivity index (χ1) is 14.1. The van der Waals surface area contributed by atoms with E-state index in [2.05, 4.69) is 21.9 Å². The van der Waals surface area contributed by atoms with Gasteiger partial charge < -0.3 is 4.98 Å². The van der Waals surface area contributed by atoms with E-state index < -0.39 is 11.6 Å². The Morgan fingerprint density at radius 3 is 2.72 bits per heavy atom. The van der Waals surface area contributed by atoms with Crippen LogP contribution in [0.25, 0.3) is 11.0 Å². The Bertz CT molecular complexity index is 1110. The van der Waals surface area contributed by atoms with Gasteiger partial charge in [0.1, 0.15) is 11.6 Å². The van der Waals surface area contributed by atoms with Crippen molar-refractivity contribution in [3.8, 4) is 0 Å². The minimum atomic E-state index is -0.546. The Hall–Kier alpha value is -2.38. The van der Waals surface area contributed by atoms with Crippen LogP contribution in [0, 0.1) is 18.6 Å². The number of rotatable bonds is 7. The number of halogens is 2. The number of pyridine rings is 1. The van der Waals surface area contributed by atoms with Crippen LogP contribution in [0.3, 0.4) is 0 Å². The van der Waals surface area contributed by atoms with Gasteiger partial charge in [0.15, 0.2) is 5.16 Å². The molecule has 0 amide bonds. The van der Waals surface area contributed by atoms with Crippen molar-refractivity contribution in [3.63, 3.8) is 0 Å². The molecule has 4 aromatic rings. The quantitative estimate of drug-likeness (QED) is 0.358. The van der Waals surface area contributed by atoms with Gasteiger partial charge in [-0.15, -0.1) is 11.8 Å². The fraction of sp³-hybridized carbons (Fsp3) is 0.182. The molecule has 0 atom stereocenters. The van der Waals surface area contributed by atoms with E-state index in [0.29, 0.717) is 23.5 Å². The number of hydrogen-bond acceptors (Lipinski definition) is 4. The second-order valence-corrected chi connectivity index (χ2v) is 8.66. The van der Waals surface area contributed by atoms with Crippen LogP contribution >= 0.6 is 23.5 Å². The van der Waals surface area contributed by atoms with E-state index in [9.17, 15) is 8.78 Å². The van der Waals surface area contributed by atoms with Crippen molar-refractivity contribution in [2.45, 2.75) is 29.1 Å². The van der Waals surface area contributed by atoms with Gasteiger partial charge in [0.25, 0.3) is 0 Å². The van der Waals surface area contributed by atoms with E-state index in [1.54, 1.807) is 23.5 Å². The summed E-state index contributed by atoms with van der Waals surface area (Å²) in [7, 11) is 0. The molecule has 3 nitrogen and oxygen atoms in total. The zero-order chi connectivity index (χ0) is 20.2. The Kier molecular flexibility index (Phi) is 6.16. The molecule has 4 rings (SSSR count). The molecule has 2 aromatic carbocycles. The number of imidazole rings is 1.